The number of hydrogen-bond acceptors (Lipinski definition) is 0. The van der Waals surface area contributed by atoms with Gasteiger partial charge in [-0.2, -0.15) is 0 Å². The molecule has 0 fully saturated rings. The lowest BCUT2D eigenvalue weighted by Crippen LogP contribution is -2.07. The normalized spacial score (nSPS) is 11.9. The summed E-state index contributed by atoms with van der Waals surface area (Å²) < 4.78 is 2.25. The van der Waals surface area contributed by atoms with Crippen molar-refractivity contribution in [1.29, 1.82) is 0 Å². The fourth-order valence-corrected chi connectivity index (χ4v) is 4.05. The summed E-state index contributed by atoms with van der Waals surface area (Å²) in [4.78, 5) is 0. The van der Waals surface area contributed by atoms with E-state index >= 15 is 0 Å². The number of nitrogens with zero attached hydrogens (tertiary/aromatic N) is 1. The van der Waals surface area contributed by atoms with Gasteiger partial charge in [0, 0.05) is 18.9 Å². The van der Waals surface area contributed by atoms with Crippen molar-refractivity contribution in [1.82, 2.24) is 4.57 Å². The zero-order valence-corrected chi connectivity index (χ0v) is 14.7. The summed E-state index contributed by atoms with van der Waals surface area (Å²) in [5.41, 5.74) is 0. The molecule has 0 aliphatic heterocycles. The standard InChI is InChI=1S/C14H24Cl3NSi/c15-19(16,17)14-10-6-4-2-1-3-5-7-11-18-12-8-9-13-18/h8-9,12-13H,1-7,10-11,14H2. The number of hydrogen-bond donors (Lipinski definition) is 0. The molecule has 110 valence electrons. The molecule has 0 bridgehead atoms. The van der Waals surface area contributed by atoms with Crippen LogP contribution in [-0.4, -0.2) is 10.6 Å². The number of halogens is 3. The SMILES string of the molecule is Cl[Si](Cl)(Cl)CCCCCCCCCCn1cccc1. The lowest BCUT2D eigenvalue weighted by atomic mass is 10.1. The van der Waals surface area contributed by atoms with Gasteiger partial charge >= 0.3 is 6.00 Å². The predicted octanol–water partition coefficient (Wildman–Crippen LogP) is 6.26. The lowest BCUT2D eigenvalue weighted by Gasteiger charge is -2.07. The third-order valence-corrected chi connectivity index (χ3v) is 5.91. The first-order valence-electron chi connectivity index (χ1n) is 7.25. The highest BCUT2D eigenvalue weighted by atomic mass is 35.8. The molecule has 1 aromatic heterocycles. The van der Waals surface area contributed by atoms with Gasteiger partial charge in [-0.25, -0.2) is 0 Å². The Bertz CT molecular complexity index is 309. The van der Waals surface area contributed by atoms with Crippen LogP contribution in [0.5, 0.6) is 0 Å². The average Bonchev–Trinajstić information content (AvgIpc) is 2.83. The van der Waals surface area contributed by atoms with Crippen molar-refractivity contribution in [3.63, 3.8) is 0 Å². The number of aryl methyl sites for hydroxylation is 1. The van der Waals surface area contributed by atoms with Crippen LogP contribution in [0.25, 0.3) is 0 Å². The van der Waals surface area contributed by atoms with Crippen LogP contribution in [0.2, 0.25) is 6.04 Å². The van der Waals surface area contributed by atoms with E-state index in [4.69, 9.17) is 33.2 Å². The summed E-state index contributed by atoms with van der Waals surface area (Å²) >= 11 is 17.5. The molecule has 19 heavy (non-hydrogen) atoms. The van der Waals surface area contributed by atoms with Crippen LogP contribution in [0.15, 0.2) is 24.5 Å². The summed E-state index contributed by atoms with van der Waals surface area (Å²) in [6.45, 7) is 1.15. The van der Waals surface area contributed by atoms with E-state index in [1.807, 2.05) is 0 Å². The zero-order chi connectivity index (χ0) is 14.0. The molecule has 0 saturated heterocycles. The van der Waals surface area contributed by atoms with Gasteiger partial charge < -0.3 is 4.57 Å². The molecule has 1 heterocycles. The summed E-state index contributed by atoms with van der Waals surface area (Å²) in [6.07, 6.45) is 14.5. The largest absolute Gasteiger partial charge is 0.354 e. The predicted molar refractivity (Wildman–Crippen MR) is 89.5 cm³/mol. The molecular formula is C14H24Cl3NSi. The van der Waals surface area contributed by atoms with Gasteiger partial charge in [0.1, 0.15) is 0 Å². The molecule has 1 aromatic rings. The van der Waals surface area contributed by atoms with Gasteiger partial charge in [-0.3, -0.25) is 0 Å². The molecule has 0 unspecified atom stereocenters. The third kappa shape index (κ3) is 10.8. The maximum atomic E-state index is 5.84. The van der Waals surface area contributed by atoms with E-state index in [1.54, 1.807) is 0 Å². The second-order valence-corrected chi connectivity index (χ2v) is 14.4. The molecule has 1 nitrogen and oxygen atoms in total. The highest BCUT2D eigenvalue weighted by molar-refractivity contribution is 7.64. The van der Waals surface area contributed by atoms with Gasteiger partial charge in [0.15, 0.2) is 0 Å². The summed E-state index contributed by atoms with van der Waals surface area (Å²) in [5, 5.41) is 0. The van der Waals surface area contributed by atoms with E-state index in [2.05, 4.69) is 29.1 Å². The number of aromatic nitrogens is 1. The first-order chi connectivity index (χ1) is 9.08. The number of rotatable bonds is 11. The molecule has 0 aromatic carbocycles. The fraction of sp³-hybridized carbons (Fsp3) is 0.714. The van der Waals surface area contributed by atoms with Crippen molar-refractivity contribution in [3.05, 3.63) is 24.5 Å². The smallest absolute Gasteiger partial charge is 0.341 e. The average molecular weight is 341 g/mol. The Balaban J connectivity index is 1.79. The van der Waals surface area contributed by atoms with Gasteiger partial charge in [-0.1, -0.05) is 44.9 Å². The molecule has 0 amide bonds. The highest BCUT2D eigenvalue weighted by Crippen LogP contribution is 2.27. The van der Waals surface area contributed by atoms with Gasteiger partial charge in [-0.15, -0.1) is 33.2 Å². The topological polar surface area (TPSA) is 4.93 Å². The highest BCUT2D eigenvalue weighted by Gasteiger charge is 2.23. The van der Waals surface area contributed by atoms with Crippen molar-refractivity contribution in [2.24, 2.45) is 0 Å². The third-order valence-electron chi connectivity index (χ3n) is 3.29. The molecule has 0 aliphatic rings. The maximum absolute atomic E-state index is 5.84. The first kappa shape index (κ1) is 17.4. The molecule has 0 N–H and O–H groups in total. The van der Waals surface area contributed by atoms with E-state index in [0.29, 0.717) is 0 Å². The first-order valence-corrected chi connectivity index (χ1v) is 12.5. The summed E-state index contributed by atoms with van der Waals surface area (Å²) in [7, 11) is 0. The minimum Gasteiger partial charge on any atom is -0.354 e. The van der Waals surface area contributed by atoms with Crippen LogP contribution in [0.3, 0.4) is 0 Å². The number of unbranched alkanes of at least 4 members (excludes halogenated alkanes) is 7. The van der Waals surface area contributed by atoms with Crippen LogP contribution in [-0.2, 0) is 6.54 Å². The van der Waals surface area contributed by atoms with Gasteiger partial charge in [0.25, 0.3) is 0 Å². The Labute approximate surface area is 132 Å². The Hall–Kier alpha value is 0.367. The summed E-state index contributed by atoms with van der Waals surface area (Å²) in [5.74, 6) is 0. The summed E-state index contributed by atoms with van der Waals surface area (Å²) in [6, 6.07) is 2.63. The second-order valence-electron chi connectivity index (χ2n) is 5.11. The molecule has 5 heteroatoms. The van der Waals surface area contributed by atoms with E-state index in [1.165, 1.54) is 44.9 Å². The van der Waals surface area contributed by atoms with Crippen molar-refractivity contribution in [3.8, 4) is 0 Å². The van der Waals surface area contributed by atoms with Crippen LogP contribution in [0.1, 0.15) is 51.4 Å². The Morgan fingerprint density at radius 1 is 0.684 bits per heavy atom. The van der Waals surface area contributed by atoms with Gasteiger partial charge in [0.05, 0.1) is 0 Å². The van der Waals surface area contributed by atoms with Crippen molar-refractivity contribution >= 4 is 39.2 Å². The van der Waals surface area contributed by atoms with Crippen LogP contribution < -0.4 is 0 Å². The molecule has 0 aliphatic carbocycles. The molecule has 0 saturated carbocycles. The van der Waals surface area contributed by atoms with Crippen molar-refractivity contribution < 1.29 is 0 Å². The van der Waals surface area contributed by atoms with E-state index in [9.17, 15) is 0 Å². The molecular weight excluding hydrogens is 317 g/mol. The molecule has 0 spiro atoms. The van der Waals surface area contributed by atoms with Crippen molar-refractivity contribution in [2.45, 2.75) is 64.0 Å². The lowest BCUT2D eigenvalue weighted by molar-refractivity contribution is 0.544. The van der Waals surface area contributed by atoms with Gasteiger partial charge in [-0.05, 0) is 24.6 Å². The van der Waals surface area contributed by atoms with Crippen LogP contribution >= 0.6 is 33.2 Å². The Kier molecular flexibility index (Phi) is 9.30. The molecule has 1 rings (SSSR count). The van der Waals surface area contributed by atoms with E-state index in [0.717, 1.165) is 19.0 Å². The Morgan fingerprint density at radius 2 is 1.16 bits per heavy atom. The van der Waals surface area contributed by atoms with Gasteiger partial charge in [0.2, 0.25) is 0 Å². The zero-order valence-electron chi connectivity index (χ0n) is 11.5. The van der Waals surface area contributed by atoms with Crippen LogP contribution in [0.4, 0.5) is 0 Å². The molecule has 0 atom stereocenters. The quantitative estimate of drug-likeness (QED) is 0.254. The molecule has 0 radical (unpaired) electrons. The minimum absolute atomic E-state index is 0.814. The second kappa shape index (κ2) is 10.1. The van der Waals surface area contributed by atoms with E-state index < -0.39 is 6.00 Å². The minimum atomic E-state index is -2.36. The maximum Gasteiger partial charge on any atom is 0.341 e. The van der Waals surface area contributed by atoms with Crippen molar-refractivity contribution in [2.75, 3.05) is 0 Å². The van der Waals surface area contributed by atoms with Crippen LogP contribution in [0, 0.1) is 0 Å². The monoisotopic (exact) mass is 339 g/mol. The van der Waals surface area contributed by atoms with E-state index in [-0.39, 0.29) is 0 Å². The fourth-order valence-electron chi connectivity index (χ4n) is 2.20. The Morgan fingerprint density at radius 3 is 1.68 bits per heavy atom.